The van der Waals surface area contributed by atoms with Crippen LogP contribution in [0.1, 0.15) is 6.42 Å². The molecule has 0 spiro atoms. The van der Waals surface area contributed by atoms with Crippen molar-refractivity contribution in [2.24, 2.45) is 0 Å². The van der Waals surface area contributed by atoms with E-state index in [-0.39, 0.29) is 10.6 Å². The third kappa shape index (κ3) is 3.97. The number of benzene rings is 2. The quantitative estimate of drug-likeness (QED) is 0.804. The van der Waals surface area contributed by atoms with Crippen molar-refractivity contribution in [1.29, 1.82) is 0 Å². The average molecular weight is 395 g/mol. The van der Waals surface area contributed by atoms with Gasteiger partial charge in [-0.3, -0.25) is 4.72 Å². The molecule has 0 aromatic heterocycles. The molecule has 27 heavy (non-hydrogen) atoms. The van der Waals surface area contributed by atoms with E-state index in [1.807, 2.05) is 0 Å². The molecule has 1 aliphatic heterocycles. The van der Waals surface area contributed by atoms with Crippen LogP contribution >= 0.6 is 0 Å². The van der Waals surface area contributed by atoms with Crippen molar-refractivity contribution in [2.75, 3.05) is 39.3 Å². The van der Waals surface area contributed by atoms with Crippen molar-refractivity contribution >= 4 is 15.7 Å². The van der Waals surface area contributed by atoms with Crippen molar-refractivity contribution in [3.63, 3.8) is 0 Å². The van der Waals surface area contributed by atoms with Gasteiger partial charge in [0, 0.05) is 24.6 Å². The predicted molar refractivity (Wildman–Crippen MR) is 99.0 cm³/mol. The van der Waals surface area contributed by atoms with Gasteiger partial charge in [-0.25, -0.2) is 8.42 Å². The van der Waals surface area contributed by atoms with Gasteiger partial charge in [0.2, 0.25) is 5.75 Å². The highest BCUT2D eigenvalue weighted by molar-refractivity contribution is 7.92. The van der Waals surface area contributed by atoms with Crippen LogP contribution in [0, 0.1) is 0 Å². The number of methoxy groups -OCH3 is 3. The Kier molecular flexibility index (Phi) is 5.50. The highest BCUT2D eigenvalue weighted by Gasteiger charge is 2.21. The smallest absolute Gasteiger partial charge is 0.262 e. The van der Waals surface area contributed by atoms with Gasteiger partial charge in [0.25, 0.3) is 10.0 Å². The lowest BCUT2D eigenvalue weighted by Gasteiger charge is -2.15. The van der Waals surface area contributed by atoms with E-state index < -0.39 is 10.0 Å². The molecule has 146 valence electrons. The number of fused-ring (bicyclic) bond motifs is 1. The molecule has 8 nitrogen and oxygen atoms in total. The summed E-state index contributed by atoms with van der Waals surface area (Å²) in [7, 11) is 0.524. The maximum absolute atomic E-state index is 12.8. The first-order valence-electron chi connectivity index (χ1n) is 8.21. The van der Waals surface area contributed by atoms with Crippen LogP contribution in [0.2, 0.25) is 0 Å². The molecule has 9 heteroatoms. The van der Waals surface area contributed by atoms with Crippen molar-refractivity contribution < 1.29 is 32.1 Å². The van der Waals surface area contributed by atoms with E-state index in [2.05, 4.69) is 4.72 Å². The monoisotopic (exact) mass is 395 g/mol. The molecule has 0 saturated heterocycles. The molecule has 0 amide bonds. The normalized spacial score (nSPS) is 13.4. The highest BCUT2D eigenvalue weighted by atomic mass is 32.2. The molecular formula is C18H21NO7S. The van der Waals surface area contributed by atoms with Gasteiger partial charge in [-0.1, -0.05) is 0 Å². The van der Waals surface area contributed by atoms with E-state index in [4.69, 9.17) is 23.7 Å². The molecule has 3 rings (SSSR count). The number of sulfonamides is 1. The molecular weight excluding hydrogens is 374 g/mol. The van der Waals surface area contributed by atoms with Crippen LogP contribution in [-0.4, -0.2) is 43.0 Å². The largest absolute Gasteiger partial charge is 0.493 e. The van der Waals surface area contributed by atoms with Crippen molar-refractivity contribution in [3.8, 4) is 28.7 Å². The number of hydrogen-bond donors (Lipinski definition) is 1. The van der Waals surface area contributed by atoms with Crippen LogP contribution in [0.15, 0.2) is 35.2 Å². The number of anilines is 1. The lowest BCUT2D eigenvalue weighted by molar-refractivity contribution is 0.297. The van der Waals surface area contributed by atoms with E-state index in [0.29, 0.717) is 42.0 Å². The minimum Gasteiger partial charge on any atom is -0.493 e. The number of nitrogens with one attached hydrogen (secondary N) is 1. The van der Waals surface area contributed by atoms with Gasteiger partial charge in [0.05, 0.1) is 45.1 Å². The number of rotatable bonds is 6. The van der Waals surface area contributed by atoms with Crippen molar-refractivity contribution in [1.82, 2.24) is 0 Å². The zero-order valence-corrected chi connectivity index (χ0v) is 16.1. The van der Waals surface area contributed by atoms with Gasteiger partial charge < -0.3 is 23.7 Å². The van der Waals surface area contributed by atoms with Crippen LogP contribution in [0.5, 0.6) is 28.7 Å². The summed E-state index contributed by atoms with van der Waals surface area (Å²) < 4.78 is 55.0. The van der Waals surface area contributed by atoms with E-state index in [1.54, 1.807) is 6.07 Å². The van der Waals surface area contributed by atoms with E-state index >= 15 is 0 Å². The maximum atomic E-state index is 12.8. The zero-order valence-electron chi connectivity index (χ0n) is 15.3. The molecule has 0 saturated carbocycles. The van der Waals surface area contributed by atoms with E-state index in [9.17, 15) is 8.42 Å². The van der Waals surface area contributed by atoms with Gasteiger partial charge in [0.15, 0.2) is 23.0 Å². The summed E-state index contributed by atoms with van der Waals surface area (Å²) in [6, 6.07) is 7.53. The first-order valence-corrected chi connectivity index (χ1v) is 9.69. The van der Waals surface area contributed by atoms with Gasteiger partial charge in [0.1, 0.15) is 0 Å². The van der Waals surface area contributed by atoms with Crippen LogP contribution in [0.3, 0.4) is 0 Å². The third-order valence-corrected chi connectivity index (χ3v) is 5.33. The summed E-state index contributed by atoms with van der Waals surface area (Å²) in [5.41, 5.74) is 0.275. The Hall–Kier alpha value is -2.81. The minimum atomic E-state index is -3.87. The summed E-state index contributed by atoms with van der Waals surface area (Å²) in [5.74, 6) is 1.99. The van der Waals surface area contributed by atoms with Crippen LogP contribution in [0.25, 0.3) is 0 Å². The van der Waals surface area contributed by atoms with E-state index in [1.165, 1.54) is 45.6 Å². The summed E-state index contributed by atoms with van der Waals surface area (Å²) in [6.07, 6.45) is 0.737. The molecule has 0 bridgehead atoms. The second kappa shape index (κ2) is 7.83. The Labute approximate surface area is 158 Å². The van der Waals surface area contributed by atoms with Crippen molar-refractivity contribution in [2.45, 2.75) is 11.3 Å². The molecule has 0 atom stereocenters. The topological polar surface area (TPSA) is 92.3 Å². The van der Waals surface area contributed by atoms with Gasteiger partial charge in [-0.2, -0.15) is 0 Å². The highest BCUT2D eigenvalue weighted by Crippen LogP contribution is 2.40. The second-order valence-electron chi connectivity index (χ2n) is 5.68. The zero-order chi connectivity index (χ0) is 19.4. The maximum Gasteiger partial charge on any atom is 0.262 e. The summed E-state index contributed by atoms with van der Waals surface area (Å²) in [6.45, 7) is 1.000. The molecule has 0 aliphatic carbocycles. The van der Waals surface area contributed by atoms with Gasteiger partial charge in [-0.15, -0.1) is 0 Å². The number of hydrogen-bond acceptors (Lipinski definition) is 7. The Morgan fingerprint density at radius 1 is 0.889 bits per heavy atom. The Morgan fingerprint density at radius 2 is 1.52 bits per heavy atom. The predicted octanol–water partition coefficient (Wildman–Crippen LogP) is 2.67. The molecule has 0 radical (unpaired) electrons. The Morgan fingerprint density at radius 3 is 2.11 bits per heavy atom. The van der Waals surface area contributed by atoms with Gasteiger partial charge in [-0.05, 0) is 12.1 Å². The summed E-state index contributed by atoms with van der Waals surface area (Å²) in [5, 5.41) is 0. The van der Waals surface area contributed by atoms with Crippen LogP contribution < -0.4 is 28.4 Å². The molecule has 0 unspecified atom stereocenters. The first kappa shape index (κ1) is 19.0. The fourth-order valence-corrected chi connectivity index (χ4v) is 3.72. The third-order valence-electron chi connectivity index (χ3n) is 3.95. The molecule has 1 aliphatic rings. The summed E-state index contributed by atoms with van der Waals surface area (Å²) in [4.78, 5) is 0.0560. The molecule has 0 fully saturated rings. The first-order chi connectivity index (χ1) is 13.0. The average Bonchev–Trinajstić information content (AvgIpc) is 2.91. The fourth-order valence-electron chi connectivity index (χ4n) is 2.66. The van der Waals surface area contributed by atoms with Crippen LogP contribution in [0.4, 0.5) is 5.69 Å². The van der Waals surface area contributed by atoms with Crippen LogP contribution in [-0.2, 0) is 10.0 Å². The Bertz CT molecular complexity index is 902. The fraction of sp³-hybridized carbons (Fsp3) is 0.333. The second-order valence-corrected chi connectivity index (χ2v) is 7.36. The van der Waals surface area contributed by atoms with E-state index in [0.717, 1.165) is 6.42 Å². The van der Waals surface area contributed by atoms with Crippen molar-refractivity contribution in [3.05, 3.63) is 30.3 Å². The summed E-state index contributed by atoms with van der Waals surface area (Å²) >= 11 is 0. The SMILES string of the molecule is COc1cc(NS(=O)(=O)c2ccc3c(c2)OCCCO3)cc(OC)c1OC. The minimum absolute atomic E-state index is 0.0560. The standard InChI is InChI=1S/C18H21NO7S/c1-22-16-9-12(10-17(23-2)18(16)24-3)19-27(20,21)13-5-6-14-15(11-13)26-8-4-7-25-14/h5-6,9-11,19H,4,7-8H2,1-3H3. The number of ether oxygens (including phenoxy) is 5. The molecule has 2 aromatic carbocycles. The molecule has 1 N–H and O–H groups in total. The van der Waals surface area contributed by atoms with Gasteiger partial charge >= 0.3 is 0 Å². The lowest BCUT2D eigenvalue weighted by Crippen LogP contribution is -2.13. The molecule has 2 aromatic rings. The molecule has 1 heterocycles. The Balaban J connectivity index is 1.94. The lowest BCUT2D eigenvalue weighted by atomic mass is 10.2.